The topological polar surface area (TPSA) is 134 Å². The largest absolute Gasteiger partial charge is 0.450 e. The van der Waals surface area contributed by atoms with Crippen LogP contribution in [0, 0.1) is 0 Å². The Bertz CT molecular complexity index is 1150. The van der Waals surface area contributed by atoms with E-state index in [1.807, 2.05) is 6.08 Å². The monoisotopic (exact) mass is 538 g/mol. The van der Waals surface area contributed by atoms with Crippen LogP contribution in [0.5, 0.6) is 0 Å². The number of ether oxygens (including phenoxy) is 1. The average Bonchev–Trinajstić information content (AvgIpc) is 3.26. The number of nitrogens with zero attached hydrogens (tertiary/aromatic N) is 1. The minimum atomic E-state index is -3.49. The molecule has 0 atom stereocenters. The minimum Gasteiger partial charge on any atom is -0.450 e. The smallest absolute Gasteiger partial charge is 0.409 e. The lowest BCUT2D eigenvalue weighted by atomic mass is 9.86. The third-order valence-electron chi connectivity index (χ3n) is 7.00. The van der Waals surface area contributed by atoms with Gasteiger partial charge in [-0.25, -0.2) is 13.2 Å². The Balaban J connectivity index is 1.50. The summed E-state index contributed by atoms with van der Waals surface area (Å²) in [5.74, 6) is -0.642. The molecule has 1 aromatic rings. The molecule has 198 valence electrons. The SMILES string of the molecule is CCOC(=O)N1CCC(NC(=O)C2(NC(=O)c3sc(S(C)(=O)=O)c4c3CCC=C4)CCNCC2)CC1. The fourth-order valence-corrected chi connectivity index (χ4v) is 7.45. The van der Waals surface area contributed by atoms with Crippen LogP contribution in [-0.4, -0.2) is 81.8 Å². The third-order valence-corrected chi connectivity index (χ3v) is 10.1. The molecule has 2 saturated heterocycles. The fourth-order valence-electron chi connectivity index (χ4n) is 5.04. The maximum Gasteiger partial charge on any atom is 0.409 e. The first-order chi connectivity index (χ1) is 17.1. The number of rotatable bonds is 6. The molecule has 0 aromatic carbocycles. The van der Waals surface area contributed by atoms with E-state index in [1.165, 1.54) is 0 Å². The molecule has 0 saturated carbocycles. The molecular weight excluding hydrogens is 504 g/mol. The van der Waals surface area contributed by atoms with Gasteiger partial charge in [0, 0.05) is 31.0 Å². The second-order valence-corrected chi connectivity index (χ2v) is 12.8. The number of thiophene rings is 1. The standard InChI is InChI=1S/C24H34N4O6S2/c1-3-34-23(31)28-14-8-16(9-15-28)26-22(30)24(10-12-25-13-11-24)27-20(29)19-17-6-4-5-7-18(17)21(35-19)36(2,32)33/h5,7,16,25H,3-4,6,8-15H2,1-2H3,(H,26,30)(H,27,29). The van der Waals surface area contributed by atoms with E-state index in [2.05, 4.69) is 16.0 Å². The number of hydrogen-bond acceptors (Lipinski definition) is 8. The van der Waals surface area contributed by atoms with Gasteiger partial charge in [0.25, 0.3) is 5.91 Å². The van der Waals surface area contributed by atoms with Crippen molar-refractivity contribution >= 4 is 45.2 Å². The minimum absolute atomic E-state index is 0.108. The van der Waals surface area contributed by atoms with E-state index in [4.69, 9.17) is 4.74 Å². The predicted octanol–water partition coefficient (Wildman–Crippen LogP) is 1.70. The van der Waals surface area contributed by atoms with Crippen molar-refractivity contribution in [1.82, 2.24) is 20.9 Å². The molecule has 10 nitrogen and oxygen atoms in total. The highest BCUT2D eigenvalue weighted by molar-refractivity contribution is 7.92. The quantitative estimate of drug-likeness (QED) is 0.502. The van der Waals surface area contributed by atoms with Crippen LogP contribution in [0.1, 0.15) is 59.8 Å². The molecule has 1 aromatic heterocycles. The van der Waals surface area contributed by atoms with Crippen LogP contribution in [0.3, 0.4) is 0 Å². The number of carbonyl (C=O) groups excluding carboxylic acids is 3. The molecule has 3 heterocycles. The summed E-state index contributed by atoms with van der Waals surface area (Å²) < 4.78 is 30.0. The normalized spacial score (nSPS) is 19.9. The highest BCUT2D eigenvalue weighted by Crippen LogP contribution is 2.37. The van der Waals surface area contributed by atoms with E-state index in [-0.39, 0.29) is 22.3 Å². The van der Waals surface area contributed by atoms with Gasteiger partial charge < -0.3 is 25.6 Å². The van der Waals surface area contributed by atoms with Gasteiger partial charge in [0.2, 0.25) is 5.91 Å². The van der Waals surface area contributed by atoms with Crippen molar-refractivity contribution < 1.29 is 27.5 Å². The number of nitrogens with one attached hydrogen (secondary N) is 3. The zero-order chi connectivity index (χ0) is 25.9. The molecular formula is C24H34N4O6S2. The second-order valence-electron chi connectivity index (χ2n) is 9.54. The van der Waals surface area contributed by atoms with Crippen molar-refractivity contribution in [2.45, 2.75) is 61.2 Å². The third kappa shape index (κ3) is 5.60. The van der Waals surface area contributed by atoms with E-state index in [0.29, 0.717) is 75.3 Å². The number of fused-ring (bicyclic) bond motifs is 1. The summed E-state index contributed by atoms with van der Waals surface area (Å²) in [5, 5.41) is 9.36. The van der Waals surface area contributed by atoms with Gasteiger partial charge >= 0.3 is 6.09 Å². The average molecular weight is 539 g/mol. The molecule has 3 aliphatic rings. The number of carbonyl (C=O) groups is 3. The Labute approximate surface area is 215 Å². The van der Waals surface area contributed by atoms with Gasteiger partial charge in [0.1, 0.15) is 9.75 Å². The van der Waals surface area contributed by atoms with Gasteiger partial charge in [0.05, 0.1) is 11.5 Å². The van der Waals surface area contributed by atoms with E-state index < -0.39 is 21.3 Å². The molecule has 12 heteroatoms. The zero-order valence-corrected chi connectivity index (χ0v) is 22.4. The van der Waals surface area contributed by atoms with Crippen LogP contribution in [0.15, 0.2) is 10.3 Å². The number of sulfone groups is 1. The first-order valence-corrected chi connectivity index (χ1v) is 15.1. The van der Waals surface area contributed by atoms with Gasteiger partial charge in [-0.15, -0.1) is 11.3 Å². The summed E-state index contributed by atoms with van der Waals surface area (Å²) in [6.07, 6.45) is 7.89. The molecule has 3 N–H and O–H groups in total. The molecule has 3 amide bonds. The molecule has 0 radical (unpaired) electrons. The summed E-state index contributed by atoms with van der Waals surface area (Å²) >= 11 is 0.984. The van der Waals surface area contributed by atoms with Crippen LogP contribution in [0.4, 0.5) is 4.79 Å². The van der Waals surface area contributed by atoms with Crippen LogP contribution < -0.4 is 16.0 Å². The van der Waals surface area contributed by atoms with Crippen molar-refractivity contribution in [1.29, 1.82) is 0 Å². The van der Waals surface area contributed by atoms with Crippen LogP contribution in [0.2, 0.25) is 0 Å². The van der Waals surface area contributed by atoms with Crippen molar-refractivity contribution in [3.63, 3.8) is 0 Å². The van der Waals surface area contributed by atoms with Crippen molar-refractivity contribution in [3.05, 3.63) is 22.1 Å². The molecule has 2 aliphatic heterocycles. The summed E-state index contributed by atoms with van der Waals surface area (Å²) in [6.45, 7) is 4.23. The number of likely N-dealkylation sites (tertiary alicyclic amines) is 1. The maximum absolute atomic E-state index is 13.6. The van der Waals surface area contributed by atoms with Crippen molar-refractivity contribution in [2.75, 3.05) is 39.0 Å². The van der Waals surface area contributed by atoms with Gasteiger partial charge in [-0.1, -0.05) is 12.2 Å². The predicted molar refractivity (Wildman–Crippen MR) is 137 cm³/mol. The Morgan fingerprint density at radius 2 is 1.92 bits per heavy atom. The van der Waals surface area contributed by atoms with Gasteiger partial charge in [-0.3, -0.25) is 9.59 Å². The number of amides is 3. The molecule has 4 rings (SSSR count). The van der Waals surface area contributed by atoms with E-state index in [0.717, 1.165) is 29.6 Å². The van der Waals surface area contributed by atoms with Crippen molar-refractivity contribution in [3.8, 4) is 0 Å². The molecule has 1 aliphatic carbocycles. The van der Waals surface area contributed by atoms with Crippen LogP contribution >= 0.6 is 11.3 Å². The van der Waals surface area contributed by atoms with Gasteiger partial charge in [-0.2, -0.15) is 0 Å². The lowest BCUT2D eigenvalue weighted by Crippen LogP contribution is -2.64. The summed E-state index contributed by atoms with van der Waals surface area (Å²) in [7, 11) is -3.49. The Kier molecular flexibility index (Phi) is 8.06. The fraction of sp³-hybridized carbons (Fsp3) is 0.625. The summed E-state index contributed by atoms with van der Waals surface area (Å²) in [4.78, 5) is 41.1. The second kappa shape index (κ2) is 10.9. The van der Waals surface area contributed by atoms with Crippen LogP contribution in [-0.2, 0) is 25.8 Å². The Hall–Kier alpha value is -2.44. The van der Waals surface area contributed by atoms with Gasteiger partial charge in [-0.05, 0) is 64.1 Å². The molecule has 36 heavy (non-hydrogen) atoms. The highest BCUT2D eigenvalue weighted by Gasteiger charge is 2.43. The Morgan fingerprint density at radius 3 is 2.56 bits per heavy atom. The lowest BCUT2D eigenvalue weighted by Gasteiger charge is -2.39. The number of hydrogen-bond donors (Lipinski definition) is 3. The van der Waals surface area contributed by atoms with Crippen molar-refractivity contribution in [2.24, 2.45) is 0 Å². The highest BCUT2D eigenvalue weighted by atomic mass is 32.2. The van der Waals surface area contributed by atoms with Gasteiger partial charge in [0.15, 0.2) is 9.84 Å². The Morgan fingerprint density at radius 1 is 1.22 bits per heavy atom. The van der Waals surface area contributed by atoms with E-state index >= 15 is 0 Å². The maximum atomic E-state index is 13.6. The lowest BCUT2D eigenvalue weighted by molar-refractivity contribution is -0.129. The van der Waals surface area contributed by atoms with E-state index in [9.17, 15) is 22.8 Å². The molecule has 0 unspecified atom stereocenters. The first kappa shape index (κ1) is 26.6. The first-order valence-electron chi connectivity index (χ1n) is 12.4. The molecule has 0 bridgehead atoms. The number of piperidine rings is 2. The molecule has 0 spiro atoms. The summed E-state index contributed by atoms with van der Waals surface area (Å²) in [6, 6.07) is -0.108. The zero-order valence-electron chi connectivity index (χ0n) is 20.7. The van der Waals surface area contributed by atoms with Crippen LogP contribution in [0.25, 0.3) is 6.08 Å². The molecule has 2 fully saturated rings. The van der Waals surface area contributed by atoms with E-state index in [1.54, 1.807) is 17.9 Å². The summed E-state index contributed by atoms with van der Waals surface area (Å²) in [5.41, 5.74) is 0.236. The number of allylic oxidation sites excluding steroid dienone is 1.